The summed E-state index contributed by atoms with van der Waals surface area (Å²) in [6.45, 7) is 7.02. The molecule has 2 atom stereocenters. The maximum Gasteiger partial charge on any atom is 0.266 e. The Morgan fingerprint density at radius 2 is 1.93 bits per heavy atom. The van der Waals surface area contributed by atoms with E-state index in [1.54, 1.807) is 12.3 Å². The quantitative estimate of drug-likeness (QED) is 0.678. The number of hydrogen-bond donors (Lipinski definition) is 1. The van der Waals surface area contributed by atoms with Gasteiger partial charge in [-0.2, -0.15) is 10.4 Å². The van der Waals surface area contributed by atoms with Crippen molar-refractivity contribution in [3.8, 4) is 6.07 Å². The second-order valence-electron chi connectivity index (χ2n) is 8.09. The second kappa shape index (κ2) is 6.92. The van der Waals surface area contributed by atoms with Gasteiger partial charge in [-0.15, -0.1) is 16.4 Å². The van der Waals surface area contributed by atoms with Crippen molar-refractivity contribution >= 4 is 39.0 Å². The molecule has 2 N–H and O–H groups in total. The lowest BCUT2D eigenvalue weighted by Crippen LogP contribution is -2.33. The fraction of sp³-hybridized carbons (Fsp3) is 0.381. The van der Waals surface area contributed by atoms with Crippen molar-refractivity contribution in [1.82, 2.24) is 20.1 Å². The summed E-state index contributed by atoms with van der Waals surface area (Å²) in [4.78, 5) is 23.1. The Morgan fingerprint density at radius 3 is 2.57 bits per heavy atom. The molecule has 3 aromatic heterocycles. The van der Waals surface area contributed by atoms with Crippen LogP contribution >= 0.6 is 11.3 Å². The summed E-state index contributed by atoms with van der Waals surface area (Å²) in [5.41, 5.74) is 9.27. The Morgan fingerprint density at radius 1 is 1.20 bits per heavy atom. The molecule has 0 radical (unpaired) electrons. The van der Waals surface area contributed by atoms with E-state index in [1.807, 2.05) is 24.8 Å². The molecule has 0 aliphatic carbocycles. The van der Waals surface area contributed by atoms with Gasteiger partial charge in [0.25, 0.3) is 5.91 Å². The standard InChI is InChI=1S/C21H21N7OS/c1-11-12(2)25-26-20-17(11)18(23)19(30-20)21(29)28-9-14-7-27(8-15(14)10-28)16-4-3-13(5-22)6-24-16/h3-4,6,14-15H,7-10,23H2,1-2H3. The lowest BCUT2D eigenvalue weighted by Gasteiger charge is -2.22. The maximum absolute atomic E-state index is 13.2. The van der Waals surface area contributed by atoms with Gasteiger partial charge in [-0.3, -0.25) is 4.79 Å². The molecular formula is C21H21N7OS. The monoisotopic (exact) mass is 419 g/mol. The summed E-state index contributed by atoms with van der Waals surface area (Å²) in [6, 6.07) is 5.79. The van der Waals surface area contributed by atoms with E-state index < -0.39 is 0 Å². The minimum Gasteiger partial charge on any atom is -0.397 e. The number of anilines is 2. The number of thiophene rings is 1. The van der Waals surface area contributed by atoms with Crippen LogP contribution in [-0.2, 0) is 0 Å². The van der Waals surface area contributed by atoms with Crippen molar-refractivity contribution in [3.05, 3.63) is 40.0 Å². The van der Waals surface area contributed by atoms with Crippen molar-refractivity contribution in [2.45, 2.75) is 13.8 Å². The number of hydrogen-bond acceptors (Lipinski definition) is 8. The van der Waals surface area contributed by atoms with E-state index in [9.17, 15) is 4.79 Å². The molecule has 152 valence electrons. The fourth-order valence-electron chi connectivity index (χ4n) is 4.53. The van der Waals surface area contributed by atoms with E-state index in [0.717, 1.165) is 40.4 Å². The Bertz CT molecular complexity index is 1180. The molecule has 2 aliphatic heterocycles. The Kier molecular flexibility index (Phi) is 4.33. The molecule has 2 fully saturated rings. The van der Waals surface area contributed by atoms with Crippen molar-refractivity contribution < 1.29 is 4.79 Å². The van der Waals surface area contributed by atoms with Crippen LogP contribution in [0.15, 0.2) is 18.3 Å². The van der Waals surface area contributed by atoms with Crippen molar-refractivity contribution in [3.63, 3.8) is 0 Å². The number of carbonyl (C=O) groups excluding carboxylic acids is 1. The number of nitrogen functional groups attached to an aromatic ring is 1. The van der Waals surface area contributed by atoms with Crippen LogP contribution in [0.4, 0.5) is 11.5 Å². The number of carbonyl (C=O) groups is 1. The Balaban J connectivity index is 1.32. The van der Waals surface area contributed by atoms with Crippen LogP contribution in [0.25, 0.3) is 10.2 Å². The van der Waals surface area contributed by atoms with Crippen LogP contribution < -0.4 is 10.6 Å². The predicted octanol–water partition coefficient (Wildman–Crippen LogP) is 2.37. The first-order valence-electron chi connectivity index (χ1n) is 9.88. The number of rotatable bonds is 2. The number of fused-ring (bicyclic) bond motifs is 2. The summed E-state index contributed by atoms with van der Waals surface area (Å²) in [5.74, 6) is 1.70. The van der Waals surface area contributed by atoms with E-state index in [0.29, 0.717) is 41.1 Å². The normalized spacial score (nSPS) is 20.6. The molecule has 9 heteroatoms. The molecule has 2 aliphatic rings. The van der Waals surface area contributed by atoms with Gasteiger partial charge in [0.2, 0.25) is 0 Å². The fourth-order valence-corrected chi connectivity index (χ4v) is 5.60. The second-order valence-corrected chi connectivity index (χ2v) is 9.09. The van der Waals surface area contributed by atoms with Gasteiger partial charge in [0.15, 0.2) is 0 Å². The number of aryl methyl sites for hydroxylation is 2. The van der Waals surface area contributed by atoms with Gasteiger partial charge in [0.1, 0.15) is 21.6 Å². The Labute approximate surface area is 177 Å². The summed E-state index contributed by atoms with van der Waals surface area (Å²) >= 11 is 1.33. The van der Waals surface area contributed by atoms with Crippen LogP contribution in [-0.4, -0.2) is 52.2 Å². The zero-order valence-electron chi connectivity index (χ0n) is 16.8. The molecule has 5 heterocycles. The molecule has 0 bridgehead atoms. The molecule has 1 amide bonds. The third-order valence-electron chi connectivity index (χ3n) is 6.30. The molecule has 2 saturated heterocycles. The van der Waals surface area contributed by atoms with Gasteiger partial charge in [-0.25, -0.2) is 4.98 Å². The summed E-state index contributed by atoms with van der Waals surface area (Å²) in [6.07, 6.45) is 1.61. The van der Waals surface area contributed by atoms with Crippen molar-refractivity contribution in [2.24, 2.45) is 11.8 Å². The lowest BCUT2D eigenvalue weighted by molar-refractivity contribution is 0.0788. The molecular weight excluding hydrogens is 398 g/mol. The SMILES string of the molecule is Cc1nnc2sc(C(=O)N3CC4CN(c5ccc(C#N)cn5)CC4C3)c(N)c2c1C. The minimum atomic E-state index is -0.00926. The molecule has 30 heavy (non-hydrogen) atoms. The summed E-state index contributed by atoms with van der Waals surface area (Å²) < 4.78 is 0. The van der Waals surface area contributed by atoms with Crippen LogP contribution in [0.3, 0.4) is 0 Å². The predicted molar refractivity (Wildman–Crippen MR) is 115 cm³/mol. The highest BCUT2D eigenvalue weighted by Gasteiger charge is 2.42. The van der Waals surface area contributed by atoms with E-state index >= 15 is 0 Å². The van der Waals surface area contributed by atoms with Crippen LogP contribution in [0.5, 0.6) is 0 Å². The minimum absolute atomic E-state index is 0.00926. The lowest BCUT2D eigenvalue weighted by atomic mass is 10.0. The van der Waals surface area contributed by atoms with Crippen molar-refractivity contribution in [2.75, 3.05) is 36.8 Å². The number of amides is 1. The average Bonchev–Trinajstić information content (AvgIpc) is 3.42. The zero-order chi connectivity index (χ0) is 21.0. The van der Waals surface area contributed by atoms with Gasteiger partial charge in [-0.05, 0) is 31.5 Å². The molecule has 0 aromatic carbocycles. The molecule has 2 unspecified atom stereocenters. The first kappa shape index (κ1) is 18.8. The number of aromatic nitrogens is 3. The van der Waals surface area contributed by atoms with Gasteiger partial charge in [-0.1, -0.05) is 0 Å². The van der Waals surface area contributed by atoms with Crippen LogP contribution in [0, 0.1) is 37.0 Å². The van der Waals surface area contributed by atoms with Crippen LogP contribution in [0.1, 0.15) is 26.5 Å². The number of likely N-dealkylation sites (tertiary alicyclic amines) is 1. The third kappa shape index (κ3) is 2.87. The summed E-state index contributed by atoms with van der Waals surface area (Å²) in [7, 11) is 0. The molecule has 5 rings (SSSR count). The smallest absolute Gasteiger partial charge is 0.266 e. The Hall–Kier alpha value is -3.25. The highest BCUT2D eigenvalue weighted by molar-refractivity contribution is 7.21. The highest BCUT2D eigenvalue weighted by Crippen LogP contribution is 2.38. The highest BCUT2D eigenvalue weighted by atomic mass is 32.1. The first-order valence-corrected chi connectivity index (χ1v) is 10.7. The van der Waals surface area contributed by atoms with E-state index in [1.165, 1.54) is 11.3 Å². The van der Waals surface area contributed by atoms with Gasteiger partial charge in [0.05, 0.1) is 16.9 Å². The maximum atomic E-state index is 13.2. The molecule has 0 saturated carbocycles. The van der Waals surface area contributed by atoms with Crippen LogP contribution in [0.2, 0.25) is 0 Å². The third-order valence-corrected chi connectivity index (χ3v) is 7.38. The zero-order valence-corrected chi connectivity index (χ0v) is 17.6. The van der Waals surface area contributed by atoms with Gasteiger partial charge >= 0.3 is 0 Å². The molecule has 0 spiro atoms. The number of nitrogens with two attached hydrogens (primary N) is 1. The van der Waals surface area contributed by atoms with E-state index in [4.69, 9.17) is 11.0 Å². The van der Waals surface area contributed by atoms with Gasteiger partial charge in [0, 0.05) is 49.6 Å². The topological polar surface area (TPSA) is 112 Å². The molecule has 8 nitrogen and oxygen atoms in total. The average molecular weight is 420 g/mol. The molecule has 3 aromatic rings. The number of pyridine rings is 1. The van der Waals surface area contributed by atoms with E-state index in [-0.39, 0.29) is 5.91 Å². The van der Waals surface area contributed by atoms with Gasteiger partial charge < -0.3 is 15.5 Å². The largest absolute Gasteiger partial charge is 0.397 e. The first-order chi connectivity index (χ1) is 14.5. The van der Waals surface area contributed by atoms with Crippen molar-refractivity contribution in [1.29, 1.82) is 5.26 Å². The number of nitriles is 1. The van der Waals surface area contributed by atoms with E-state index in [2.05, 4.69) is 26.2 Å². The summed E-state index contributed by atoms with van der Waals surface area (Å²) in [5, 5.41) is 18.2. The number of nitrogens with zero attached hydrogens (tertiary/aromatic N) is 6.